The lowest BCUT2D eigenvalue weighted by atomic mass is 10.1. The number of hydrogen-bond donors (Lipinski definition) is 1. The standard InChI is InChI=1S/C26H24ClF3N2O5S/c1-17(2)15-32(38(35,36)21-4-3-11-31-14-21)23-9-8-20(26(28,29)30)13-24(23)37-16-19-7-5-18(12-22(19)27)6-10-25(33)34/h3-14,17H,15-16H2,1-2H3,(H,33,34)/b10-6+. The quantitative estimate of drug-likeness (QED) is 0.289. The summed E-state index contributed by atoms with van der Waals surface area (Å²) in [6.07, 6.45) is 0.134. The van der Waals surface area contributed by atoms with Crippen molar-refractivity contribution in [3.05, 3.63) is 88.7 Å². The van der Waals surface area contributed by atoms with E-state index in [2.05, 4.69) is 4.98 Å². The van der Waals surface area contributed by atoms with Gasteiger partial charge in [-0.1, -0.05) is 37.6 Å². The van der Waals surface area contributed by atoms with Crippen LogP contribution < -0.4 is 9.04 Å². The third-order valence-electron chi connectivity index (χ3n) is 5.19. The number of aliphatic carboxylic acids is 1. The summed E-state index contributed by atoms with van der Waals surface area (Å²) < 4.78 is 74.4. The van der Waals surface area contributed by atoms with E-state index in [1.165, 1.54) is 36.5 Å². The summed E-state index contributed by atoms with van der Waals surface area (Å²) in [5.41, 5.74) is -0.202. The van der Waals surface area contributed by atoms with Crippen LogP contribution in [-0.2, 0) is 27.6 Å². The van der Waals surface area contributed by atoms with Crippen molar-refractivity contribution in [2.24, 2.45) is 5.92 Å². The molecule has 7 nitrogen and oxygen atoms in total. The SMILES string of the molecule is CC(C)CN(c1ccc(C(F)(F)F)cc1OCc1ccc(/C=C/C(=O)O)cc1Cl)S(=O)(=O)c1cccnc1. The fourth-order valence-electron chi connectivity index (χ4n) is 3.40. The van der Waals surface area contributed by atoms with E-state index in [0.717, 1.165) is 34.8 Å². The Balaban J connectivity index is 2.05. The van der Waals surface area contributed by atoms with Gasteiger partial charge in [0, 0.05) is 35.6 Å². The number of carboxylic acids is 1. The van der Waals surface area contributed by atoms with E-state index in [4.69, 9.17) is 21.4 Å². The van der Waals surface area contributed by atoms with Crippen molar-refractivity contribution < 1.29 is 36.2 Å². The highest BCUT2D eigenvalue weighted by molar-refractivity contribution is 7.92. The van der Waals surface area contributed by atoms with Crippen molar-refractivity contribution in [1.82, 2.24) is 4.98 Å². The predicted octanol–water partition coefficient (Wildman–Crippen LogP) is 6.28. The number of ether oxygens (including phenoxy) is 1. The van der Waals surface area contributed by atoms with Crippen molar-refractivity contribution in [3.63, 3.8) is 0 Å². The van der Waals surface area contributed by atoms with Crippen molar-refractivity contribution in [2.75, 3.05) is 10.8 Å². The fraction of sp³-hybridized carbons (Fsp3) is 0.231. The van der Waals surface area contributed by atoms with Crippen LogP contribution in [0.2, 0.25) is 5.02 Å². The minimum Gasteiger partial charge on any atom is -0.487 e. The molecule has 12 heteroatoms. The first-order chi connectivity index (χ1) is 17.8. The lowest BCUT2D eigenvalue weighted by Crippen LogP contribution is -2.34. The Morgan fingerprint density at radius 1 is 1.18 bits per heavy atom. The molecule has 202 valence electrons. The minimum atomic E-state index is -4.70. The van der Waals surface area contributed by atoms with Gasteiger partial charge < -0.3 is 9.84 Å². The van der Waals surface area contributed by atoms with Crippen molar-refractivity contribution >= 4 is 39.4 Å². The van der Waals surface area contributed by atoms with Crippen LogP contribution in [-0.4, -0.2) is 31.0 Å². The van der Waals surface area contributed by atoms with Gasteiger partial charge in [0.15, 0.2) is 0 Å². The van der Waals surface area contributed by atoms with Gasteiger partial charge >= 0.3 is 12.1 Å². The predicted molar refractivity (Wildman–Crippen MR) is 138 cm³/mol. The summed E-state index contributed by atoms with van der Waals surface area (Å²) in [6, 6.07) is 9.98. The van der Waals surface area contributed by atoms with Crippen LogP contribution >= 0.6 is 11.6 Å². The summed E-state index contributed by atoms with van der Waals surface area (Å²) >= 11 is 6.28. The first kappa shape index (κ1) is 29.0. The molecule has 0 atom stereocenters. The zero-order valence-electron chi connectivity index (χ0n) is 20.3. The minimum absolute atomic E-state index is 0.0374. The van der Waals surface area contributed by atoms with E-state index in [1.54, 1.807) is 19.9 Å². The molecule has 0 amide bonds. The first-order valence-corrected chi connectivity index (χ1v) is 13.1. The van der Waals surface area contributed by atoms with Gasteiger partial charge in [-0.15, -0.1) is 0 Å². The zero-order chi connectivity index (χ0) is 28.1. The molecule has 3 aromatic rings. The number of hydrogen-bond acceptors (Lipinski definition) is 5. The van der Waals surface area contributed by atoms with Gasteiger partial charge in [-0.25, -0.2) is 13.2 Å². The molecule has 1 heterocycles. The number of anilines is 1. The molecule has 0 saturated carbocycles. The molecule has 0 spiro atoms. The molecule has 1 aromatic heterocycles. The molecule has 38 heavy (non-hydrogen) atoms. The first-order valence-electron chi connectivity index (χ1n) is 11.2. The Morgan fingerprint density at radius 2 is 1.92 bits per heavy atom. The zero-order valence-corrected chi connectivity index (χ0v) is 21.9. The average Bonchev–Trinajstić information content (AvgIpc) is 2.85. The van der Waals surface area contributed by atoms with Crippen molar-refractivity contribution in [1.29, 1.82) is 0 Å². The van der Waals surface area contributed by atoms with Crippen LogP contribution in [0.15, 0.2) is 71.9 Å². The molecule has 0 bridgehead atoms. The number of sulfonamides is 1. The maximum atomic E-state index is 13.5. The molecule has 0 aliphatic heterocycles. The molecule has 0 aliphatic rings. The van der Waals surface area contributed by atoms with Crippen LogP contribution in [0, 0.1) is 5.92 Å². The number of pyridine rings is 1. The van der Waals surface area contributed by atoms with E-state index < -0.39 is 27.7 Å². The van der Waals surface area contributed by atoms with E-state index >= 15 is 0 Å². The normalized spacial score (nSPS) is 12.2. The van der Waals surface area contributed by atoms with Gasteiger partial charge in [-0.2, -0.15) is 13.2 Å². The Morgan fingerprint density at radius 3 is 2.50 bits per heavy atom. The molecule has 1 N–H and O–H groups in total. The number of carboxylic acid groups (broad SMARTS) is 1. The average molecular weight is 569 g/mol. The maximum absolute atomic E-state index is 13.5. The summed E-state index contributed by atoms with van der Waals surface area (Å²) in [6.45, 7) is 3.23. The number of carbonyl (C=O) groups is 1. The van der Waals surface area contributed by atoms with Crippen LogP contribution in [0.1, 0.15) is 30.5 Å². The van der Waals surface area contributed by atoms with Gasteiger partial charge in [0.25, 0.3) is 10.0 Å². The molecule has 0 aliphatic carbocycles. The second kappa shape index (κ2) is 11.9. The van der Waals surface area contributed by atoms with Gasteiger partial charge in [0.1, 0.15) is 17.3 Å². The molecule has 0 radical (unpaired) electrons. The molecule has 3 rings (SSSR count). The third kappa shape index (κ3) is 7.26. The number of aromatic nitrogens is 1. The Bertz CT molecular complexity index is 1430. The second-order valence-electron chi connectivity index (χ2n) is 8.61. The van der Waals surface area contributed by atoms with E-state index in [1.807, 2.05) is 0 Å². The van der Waals surface area contributed by atoms with E-state index in [9.17, 15) is 26.4 Å². The number of benzene rings is 2. The Hall–Kier alpha value is -3.57. The molecule has 0 saturated heterocycles. The maximum Gasteiger partial charge on any atom is 0.416 e. The monoisotopic (exact) mass is 568 g/mol. The third-order valence-corrected chi connectivity index (χ3v) is 7.30. The highest BCUT2D eigenvalue weighted by Crippen LogP contribution is 2.39. The Labute approximate surface area is 223 Å². The number of halogens is 4. The lowest BCUT2D eigenvalue weighted by molar-refractivity contribution is -0.137. The van der Waals surface area contributed by atoms with Gasteiger partial charge in [0.2, 0.25) is 0 Å². The second-order valence-corrected chi connectivity index (χ2v) is 10.9. The van der Waals surface area contributed by atoms with Crippen molar-refractivity contribution in [3.8, 4) is 5.75 Å². The molecule has 0 unspecified atom stereocenters. The Kier molecular flexibility index (Phi) is 9.05. The van der Waals surface area contributed by atoms with E-state index in [-0.39, 0.29) is 40.4 Å². The summed E-state index contributed by atoms with van der Waals surface area (Å²) in [7, 11) is -4.20. The largest absolute Gasteiger partial charge is 0.487 e. The van der Waals surface area contributed by atoms with E-state index in [0.29, 0.717) is 11.1 Å². The molecule has 2 aromatic carbocycles. The van der Waals surface area contributed by atoms with Gasteiger partial charge in [-0.3, -0.25) is 9.29 Å². The number of alkyl halides is 3. The van der Waals surface area contributed by atoms with Crippen LogP contribution in [0.5, 0.6) is 5.75 Å². The van der Waals surface area contributed by atoms with Gasteiger partial charge in [-0.05, 0) is 54.0 Å². The van der Waals surface area contributed by atoms with Crippen LogP contribution in [0.3, 0.4) is 0 Å². The smallest absolute Gasteiger partial charge is 0.416 e. The van der Waals surface area contributed by atoms with Crippen molar-refractivity contribution in [2.45, 2.75) is 31.5 Å². The lowest BCUT2D eigenvalue weighted by Gasteiger charge is -2.28. The summed E-state index contributed by atoms with van der Waals surface area (Å²) in [4.78, 5) is 14.5. The molecular formula is C26H24ClF3N2O5S. The summed E-state index contributed by atoms with van der Waals surface area (Å²) in [5, 5.41) is 8.96. The molecule has 0 fully saturated rings. The highest BCUT2D eigenvalue weighted by Gasteiger charge is 2.34. The molecular weight excluding hydrogens is 545 g/mol. The van der Waals surface area contributed by atoms with Crippen LogP contribution in [0.25, 0.3) is 6.08 Å². The number of rotatable bonds is 10. The fourth-order valence-corrected chi connectivity index (χ4v) is 5.25. The van der Waals surface area contributed by atoms with Gasteiger partial charge in [0.05, 0.1) is 11.3 Å². The number of nitrogens with zero attached hydrogens (tertiary/aromatic N) is 2. The highest BCUT2D eigenvalue weighted by atomic mass is 35.5. The summed E-state index contributed by atoms with van der Waals surface area (Å²) in [5.74, 6) is -1.63. The van der Waals surface area contributed by atoms with Crippen LogP contribution in [0.4, 0.5) is 18.9 Å². The topological polar surface area (TPSA) is 96.8 Å².